The second kappa shape index (κ2) is 5.28. The van der Waals surface area contributed by atoms with E-state index in [0.29, 0.717) is 5.92 Å². The summed E-state index contributed by atoms with van der Waals surface area (Å²) in [6, 6.07) is 0. The maximum absolute atomic E-state index is 5.72. The van der Waals surface area contributed by atoms with Gasteiger partial charge in [-0.25, -0.2) is 4.98 Å². The molecule has 0 radical (unpaired) electrons. The Morgan fingerprint density at radius 2 is 2.27 bits per heavy atom. The Balaban J connectivity index is 1.93. The molecule has 0 amide bonds. The fourth-order valence-corrected chi connectivity index (χ4v) is 1.82. The normalized spacial score (nSPS) is 18.2. The van der Waals surface area contributed by atoms with Crippen LogP contribution in [-0.4, -0.2) is 31.8 Å². The van der Waals surface area contributed by atoms with E-state index in [2.05, 4.69) is 10.3 Å². The number of hydrogen-bond acceptors (Lipinski definition) is 4. The molecular weight excluding hydrogens is 192 g/mol. The highest BCUT2D eigenvalue weighted by Crippen LogP contribution is 2.26. The lowest BCUT2D eigenvalue weighted by atomic mass is 10.0. The largest absolute Gasteiger partial charge is 0.445 e. The van der Waals surface area contributed by atoms with Crippen molar-refractivity contribution in [2.24, 2.45) is 0 Å². The highest BCUT2D eigenvalue weighted by molar-refractivity contribution is 5.00. The lowest BCUT2D eigenvalue weighted by Gasteiger charge is -2.18. The van der Waals surface area contributed by atoms with Crippen LogP contribution in [0.1, 0.15) is 30.4 Å². The molecule has 1 aliphatic heterocycles. The van der Waals surface area contributed by atoms with E-state index >= 15 is 0 Å². The lowest BCUT2D eigenvalue weighted by molar-refractivity contribution is 0.0791. The van der Waals surface area contributed by atoms with Gasteiger partial charge in [0.25, 0.3) is 0 Å². The van der Waals surface area contributed by atoms with E-state index in [0.717, 1.165) is 50.7 Å². The van der Waals surface area contributed by atoms with Crippen LogP contribution in [0.4, 0.5) is 0 Å². The van der Waals surface area contributed by atoms with Crippen molar-refractivity contribution in [2.75, 3.05) is 26.8 Å². The summed E-state index contributed by atoms with van der Waals surface area (Å²) < 4.78 is 11.0. The highest BCUT2D eigenvalue weighted by Gasteiger charge is 2.20. The van der Waals surface area contributed by atoms with Gasteiger partial charge in [0.1, 0.15) is 5.76 Å². The molecule has 0 aliphatic carbocycles. The first-order valence-electron chi connectivity index (χ1n) is 5.57. The van der Waals surface area contributed by atoms with E-state index < -0.39 is 0 Å². The average molecular weight is 210 g/mol. The van der Waals surface area contributed by atoms with Gasteiger partial charge in [0.05, 0.1) is 6.20 Å². The first-order valence-corrected chi connectivity index (χ1v) is 5.57. The Morgan fingerprint density at radius 1 is 1.47 bits per heavy atom. The Morgan fingerprint density at radius 3 is 3.00 bits per heavy atom. The molecule has 2 rings (SSSR count). The van der Waals surface area contributed by atoms with Gasteiger partial charge < -0.3 is 14.5 Å². The fourth-order valence-electron chi connectivity index (χ4n) is 1.82. The molecule has 15 heavy (non-hydrogen) atoms. The van der Waals surface area contributed by atoms with Gasteiger partial charge in [-0.3, -0.25) is 0 Å². The predicted octanol–water partition coefficient (Wildman–Crippen LogP) is 1.33. The molecule has 4 nitrogen and oxygen atoms in total. The van der Waals surface area contributed by atoms with Crippen molar-refractivity contribution < 1.29 is 9.15 Å². The Labute approximate surface area is 90.0 Å². The molecule has 1 N–H and O–H groups in total. The van der Waals surface area contributed by atoms with Crippen LogP contribution >= 0.6 is 0 Å². The summed E-state index contributed by atoms with van der Waals surface area (Å²) in [4.78, 5) is 4.34. The van der Waals surface area contributed by atoms with E-state index in [1.165, 1.54) is 0 Å². The van der Waals surface area contributed by atoms with Crippen LogP contribution in [0.5, 0.6) is 0 Å². The quantitative estimate of drug-likeness (QED) is 0.814. The monoisotopic (exact) mass is 210 g/mol. The molecule has 1 aliphatic rings. The lowest BCUT2D eigenvalue weighted by Crippen LogP contribution is -2.14. The molecule has 4 heteroatoms. The van der Waals surface area contributed by atoms with Gasteiger partial charge in [0.15, 0.2) is 5.89 Å². The smallest absolute Gasteiger partial charge is 0.197 e. The molecular formula is C11H18N2O2. The summed E-state index contributed by atoms with van der Waals surface area (Å²) in [6.45, 7) is 2.60. The zero-order chi connectivity index (χ0) is 10.5. The van der Waals surface area contributed by atoms with Crippen LogP contribution in [0.3, 0.4) is 0 Å². The second-order valence-corrected chi connectivity index (χ2v) is 3.91. The molecule has 2 heterocycles. The second-order valence-electron chi connectivity index (χ2n) is 3.91. The van der Waals surface area contributed by atoms with Gasteiger partial charge >= 0.3 is 0 Å². The molecule has 0 spiro atoms. The molecule has 0 saturated carbocycles. The maximum Gasteiger partial charge on any atom is 0.197 e. The Kier molecular flexibility index (Phi) is 3.75. The van der Waals surface area contributed by atoms with Gasteiger partial charge in [-0.05, 0) is 19.9 Å². The molecule has 0 atom stereocenters. The van der Waals surface area contributed by atoms with E-state index in [1.807, 2.05) is 13.2 Å². The highest BCUT2D eigenvalue weighted by atomic mass is 16.5. The van der Waals surface area contributed by atoms with Crippen molar-refractivity contribution in [3.63, 3.8) is 0 Å². The van der Waals surface area contributed by atoms with E-state index in [9.17, 15) is 0 Å². The Bertz CT molecular complexity index is 293. The van der Waals surface area contributed by atoms with Gasteiger partial charge in [0.2, 0.25) is 0 Å². The van der Waals surface area contributed by atoms with Crippen molar-refractivity contribution in [2.45, 2.75) is 25.2 Å². The van der Waals surface area contributed by atoms with Crippen LogP contribution in [0.15, 0.2) is 10.6 Å². The summed E-state index contributed by atoms with van der Waals surface area (Å²) in [7, 11) is 1.94. The molecule has 1 aromatic rings. The van der Waals surface area contributed by atoms with Crippen LogP contribution < -0.4 is 5.32 Å². The molecule has 1 fully saturated rings. The minimum absolute atomic E-state index is 0.460. The number of aromatic nitrogens is 1. The third kappa shape index (κ3) is 2.79. The molecule has 0 bridgehead atoms. The first kappa shape index (κ1) is 10.6. The number of nitrogens with one attached hydrogen (secondary N) is 1. The van der Waals surface area contributed by atoms with Gasteiger partial charge in [-0.15, -0.1) is 0 Å². The summed E-state index contributed by atoms with van der Waals surface area (Å²) in [5.74, 6) is 2.33. The van der Waals surface area contributed by atoms with E-state index in [4.69, 9.17) is 9.15 Å². The Hall–Kier alpha value is -0.870. The van der Waals surface area contributed by atoms with Crippen molar-refractivity contribution >= 4 is 0 Å². The van der Waals surface area contributed by atoms with E-state index in [1.54, 1.807) is 0 Å². The SMILES string of the molecule is CNCCc1cnc(C2CCOCC2)o1. The zero-order valence-electron chi connectivity index (χ0n) is 9.16. The van der Waals surface area contributed by atoms with Gasteiger partial charge in [-0.2, -0.15) is 0 Å². The molecule has 84 valence electrons. The fraction of sp³-hybridized carbons (Fsp3) is 0.727. The minimum atomic E-state index is 0.460. The zero-order valence-corrected chi connectivity index (χ0v) is 9.16. The minimum Gasteiger partial charge on any atom is -0.445 e. The number of hydrogen-bond donors (Lipinski definition) is 1. The van der Waals surface area contributed by atoms with Crippen molar-refractivity contribution in [1.29, 1.82) is 0 Å². The summed E-state index contributed by atoms with van der Waals surface area (Å²) in [5, 5.41) is 3.10. The summed E-state index contributed by atoms with van der Waals surface area (Å²) in [5.41, 5.74) is 0. The van der Waals surface area contributed by atoms with Gasteiger partial charge in [-0.1, -0.05) is 0 Å². The van der Waals surface area contributed by atoms with Crippen LogP contribution in [0.2, 0.25) is 0 Å². The number of rotatable bonds is 4. The van der Waals surface area contributed by atoms with Gasteiger partial charge in [0, 0.05) is 32.1 Å². The number of likely N-dealkylation sites (N-methyl/N-ethyl adjacent to an activating group) is 1. The molecule has 1 aromatic heterocycles. The maximum atomic E-state index is 5.72. The average Bonchev–Trinajstić information content (AvgIpc) is 2.76. The first-order chi connectivity index (χ1) is 7.40. The number of ether oxygens (including phenoxy) is 1. The van der Waals surface area contributed by atoms with Crippen LogP contribution in [-0.2, 0) is 11.2 Å². The third-order valence-corrected chi connectivity index (χ3v) is 2.76. The molecule has 0 unspecified atom stereocenters. The standard InChI is InChI=1S/C11H18N2O2/c1-12-5-2-10-8-13-11(15-10)9-3-6-14-7-4-9/h8-9,12H,2-7H2,1H3. The summed E-state index contributed by atoms with van der Waals surface area (Å²) in [6.07, 6.45) is 4.83. The van der Waals surface area contributed by atoms with Crippen LogP contribution in [0.25, 0.3) is 0 Å². The van der Waals surface area contributed by atoms with Crippen molar-refractivity contribution in [3.8, 4) is 0 Å². The third-order valence-electron chi connectivity index (χ3n) is 2.76. The van der Waals surface area contributed by atoms with Crippen molar-refractivity contribution in [1.82, 2.24) is 10.3 Å². The molecule has 1 saturated heterocycles. The topological polar surface area (TPSA) is 47.3 Å². The predicted molar refractivity (Wildman–Crippen MR) is 56.9 cm³/mol. The van der Waals surface area contributed by atoms with Crippen LogP contribution in [0, 0.1) is 0 Å². The summed E-state index contributed by atoms with van der Waals surface area (Å²) >= 11 is 0. The number of nitrogens with zero attached hydrogens (tertiary/aromatic N) is 1. The van der Waals surface area contributed by atoms with Crippen molar-refractivity contribution in [3.05, 3.63) is 17.8 Å². The number of oxazole rings is 1. The molecule has 0 aromatic carbocycles. The van der Waals surface area contributed by atoms with E-state index in [-0.39, 0.29) is 0 Å².